The monoisotopic (exact) mass is 226 g/mol. The predicted molar refractivity (Wildman–Crippen MR) is 64.0 cm³/mol. The lowest BCUT2D eigenvalue weighted by Crippen LogP contribution is -2.34. The van der Waals surface area contributed by atoms with Gasteiger partial charge in [-0.3, -0.25) is 4.79 Å². The standard InChI is InChI=1S/C12H22N2O2/c1-2-3-7-16-8-6-14-12(15)9-11(13)10-4-5-10/h2,10-11H,1,3-9,13H2,(H,14,15). The van der Waals surface area contributed by atoms with Crippen LogP contribution in [0.2, 0.25) is 0 Å². The average Bonchev–Trinajstić information content (AvgIpc) is 3.06. The van der Waals surface area contributed by atoms with Gasteiger partial charge in [-0.15, -0.1) is 6.58 Å². The fourth-order valence-electron chi connectivity index (χ4n) is 1.51. The maximum Gasteiger partial charge on any atom is 0.221 e. The summed E-state index contributed by atoms with van der Waals surface area (Å²) in [6.07, 6.45) is 5.46. The fraction of sp³-hybridized carbons (Fsp3) is 0.750. The molecule has 0 spiro atoms. The first-order chi connectivity index (χ1) is 7.74. The van der Waals surface area contributed by atoms with Crippen LogP contribution in [0, 0.1) is 5.92 Å². The first kappa shape index (κ1) is 13.2. The van der Waals surface area contributed by atoms with Crippen molar-refractivity contribution in [3.05, 3.63) is 12.7 Å². The van der Waals surface area contributed by atoms with Crippen molar-refractivity contribution in [1.29, 1.82) is 0 Å². The van der Waals surface area contributed by atoms with Crippen molar-refractivity contribution in [3.63, 3.8) is 0 Å². The van der Waals surface area contributed by atoms with Crippen molar-refractivity contribution >= 4 is 5.91 Å². The molecule has 1 unspecified atom stereocenters. The lowest BCUT2D eigenvalue weighted by molar-refractivity contribution is -0.121. The van der Waals surface area contributed by atoms with Gasteiger partial charge >= 0.3 is 0 Å². The average molecular weight is 226 g/mol. The van der Waals surface area contributed by atoms with E-state index in [-0.39, 0.29) is 11.9 Å². The second kappa shape index (κ2) is 7.41. The van der Waals surface area contributed by atoms with E-state index >= 15 is 0 Å². The Morgan fingerprint density at radius 1 is 1.56 bits per heavy atom. The molecule has 4 heteroatoms. The Labute approximate surface area is 97.2 Å². The van der Waals surface area contributed by atoms with Crippen LogP contribution in [0.4, 0.5) is 0 Å². The van der Waals surface area contributed by atoms with Gasteiger partial charge in [-0.25, -0.2) is 0 Å². The number of ether oxygens (including phenoxy) is 1. The maximum atomic E-state index is 11.4. The molecule has 16 heavy (non-hydrogen) atoms. The van der Waals surface area contributed by atoms with Gasteiger partial charge in [-0.05, 0) is 25.2 Å². The Morgan fingerprint density at radius 3 is 2.94 bits per heavy atom. The van der Waals surface area contributed by atoms with Crippen LogP contribution < -0.4 is 11.1 Å². The van der Waals surface area contributed by atoms with Crippen LogP contribution in [-0.2, 0) is 9.53 Å². The summed E-state index contributed by atoms with van der Waals surface area (Å²) in [6.45, 7) is 5.38. The summed E-state index contributed by atoms with van der Waals surface area (Å²) >= 11 is 0. The lowest BCUT2D eigenvalue weighted by atomic mass is 10.1. The Hall–Kier alpha value is -0.870. The maximum absolute atomic E-state index is 11.4. The third-order valence-corrected chi connectivity index (χ3v) is 2.68. The molecule has 1 aliphatic carbocycles. The van der Waals surface area contributed by atoms with Crippen molar-refractivity contribution in [2.45, 2.75) is 31.7 Å². The first-order valence-corrected chi connectivity index (χ1v) is 5.95. The number of rotatable bonds is 9. The van der Waals surface area contributed by atoms with Gasteiger partial charge < -0.3 is 15.8 Å². The Kier molecular flexibility index (Phi) is 6.11. The summed E-state index contributed by atoms with van der Waals surface area (Å²) in [6, 6.07) is 0.0432. The van der Waals surface area contributed by atoms with E-state index in [4.69, 9.17) is 10.5 Å². The quantitative estimate of drug-likeness (QED) is 0.452. The molecule has 0 radical (unpaired) electrons. The first-order valence-electron chi connectivity index (χ1n) is 5.95. The number of nitrogens with two attached hydrogens (primary N) is 1. The van der Waals surface area contributed by atoms with E-state index in [1.165, 1.54) is 12.8 Å². The molecule has 0 bridgehead atoms. The largest absolute Gasteiger partial charge is 0.379 e. The van der Waals surface area contributed by atoms with Crippen LogP contribution >= 0.6 is 0 Å². The molecule has 1 amide bonds. The number of amides is 1. The molecule has 0 aromatic carbocycles. The Morgan fingerprint density at radius 2 is 2.31 bits per heavy atom. The zero-order chi connectivity index (χ0) is 11.8. The van der Waals surface area contributed by atoms with Crippen molar-refractivity contribution in [2.24, 2.45) is 11.7 Å². The van der Waals surface area contributed by atoms with Crippen LogP contribution in [0.1, 0.15) is 25.7 Å². The molecule has 0 saturated heterocycles. The molecule has 92 valence electrons. The third-order valence-electron chi connectivity index (χ3n) is 2.68. The number of hydrogen-bond donors (Lipinski definition) is 2. The molecule has 0 aliphatic heterocycles. The Bertz CT molecular complexity index is 227. The molecule has 1 rings (SSSR count). The highest BCUT2D eigenvalue weighted by molar-refractivity contribution is 5.76. The zero-order valence-corrected chi connectivity index (χ0v) is 9.78. The van der Waals surface area contributed by atoms with Gasteiger partial charge in [0.25, 0.3) is 0 Å². The van der Waals surface area contributed by atoms with Crippen molar-refractivity contribution in [3.8, 4) is 0 Å². The summed E-state index contributed by atoms with van der Waals surface area (Å²) in [4.78, 5) is 11.4. The molecular formula is C12H22N2O2. The highest BCUT2D eigenvalue weighted by Crippen LogP contribution is 2.32. The van der Waals surface area contributed by atoms with Gasteiger partial charge in [0.2, 0.25) is 5.91 Å². The minimum absolute atomic E-state index is 0.0340. The van der Waals surface area contributed by atoms with Crippen LogP contribution in [0.15, 0.2) is 12.7 Å². The van der Waals surface area contributed by atoms with E-state index in [2.05, 4.69) is 11.9 Å². The van der Waals surface area contributed by atoms with Crippen LogP contribution in [0.5, 0.6) is 0 Å². The smallest absolute Gasteiger partial charge is 0.221 e. The third kappa shape index (κ3) is 5.88. The second-order valence-electron chi connectivity index (χ2n) is 4.25. The molecule has 1 aliphatic rings. The predicted octanol–water partition coefficient (Wildman–Crippen LogP) is 0.823. The number of nitrogens with one attached hydrogen (secondary N) is 1. The van der Waals surface area contributed by atoms with E-state index in [9.17, 15) is 4.79 Å². The number of carbonyl (C=O) groups is 1. The van der Waals surface area contributed by atoms with E-state index in [0.29, 0.717) is 32.1 Å². The summed E-state index contributed by atoms with van der Waals surface area (Å²) in [5, 5.41) is 2.80. The minimum atomic E-state index is 0.0340. The zero-order valence-electron chi connectivity index (χ0n) is 9.78. The molecule has 0 heterocycles. The van der Waals surface area contributed by atoms with E-state index < -0.39 is 0 Å². The summed E-state index contributed by atoms with van der Waals surface area (Å²) in [5.41, 5.74) is 5.85. The molecule has 1 fully saturated rings. The summed E-state index contributed by atoms with van der Waals surface area (Å²) in [5.74, 6) is 0.612. The topological polar surface area (TPSA) is 64.3 Å². The van der Waals surface area contributed by atoms with Crippen molar-refractivity contribution in [1.82, 2.24) is 5.32 Å². The fourth-order valence-corrected chi connectivity index (χ4v) is 1.51. The number of hydrogen-bond acceptors (Lipinski definition) is 3. The van der Waals surface area contributed by atoms with Gasteiger partial charge in [-0.2, -0.15) is 0 Å². The van der Waals surface area contributed by atoms with Gasteiger partial charge in [0, 0.05) is 19.0 Å². The number of carbonyl (C=O) groups excluding carboxylic acids is 1. The van der Waals surface area contributed by atoms with Gasteiger partial charge in [0.15, 0.2) is 0 Å². The highest BCUT2D eigenvalue weighted by Gasteiger charge is 2.29. The minimum Gasteiger partial charge on any atom is -0.379 e. The highest BCUT2D eigenvalue weighted by atomic mass is 16.5. The van der Waals surface area contributed by atoms with Gasteiger partial charge in [0.05, 0.1) is 13.2 Å². The van der Waals surface area contributed by atoms with Crippen LogP contribution in [-0.4, -0.2) is 31.7 Å². The molecule has 1 atom stereocenters. The molecule has 0 aromatic rings. The SMILES string of the molecule is C=CCCOCCNC(=O)CC(N)C1CC1. The summed E-state index contributed by atoms with van der Waals surface area (Å²) < 4.78 is 5.27. The van der Waals surface area contributed by atoms with E-state index in [1.807, 2.05) is 6.08 Å². The van der Waals surface area contributed by atoms with E-state index in [0.717, 1.165) is 6.42 Å². The molecular weight excluding hydrogens is 204 g/mol. The van der Waals surface area contributed by atoms with Crippen LogP contribution in [0.25, 0.3) is 0 Å². The van der Waals surface area contributed by atoms with Gasteiger partial charge in [-0.1, -0.05) is 6.08 Å². The normalized spacial score (nSPS) is 16.8. The summed E-state index contributed by atoms with van der Waals surface area (Å²) in [7, 11) is 0. The molecule has 3 N–H and O–H groups in total. The molecule has 0 aromatic heterocycles. The van der Waals surface area contributed by atoms with Crippen molar-refractivity contribution < 1.29 is 9.53 Å². The second-order valence-corrected chi connectivity index (χ2v) is 4.25. The van der Waals surface area contributed by atoms with Crippen molar-refractivity contribution in [2.75, 3.05) is 19.8 Å². The molecule has 1 saturated carbocycles. The lowest BCUT2D eigenvalue weighted by Gasteiger charge is -2.10. The molecule has 4 nitrogen and oxygen atoms in total. The Balaban J connectivity index is 1.91. The van der Waals surface area contributed by atoms with E-state index in [1.54, 1.807) is 0 Å². The van der Waals surface area contributed by atoms with Crippen LogP contribution in [0.3, 0.4) is 0 Å². The van der Waals surface area contributed by atoms with Gasteiger partial charge in [0.1, 0.15) is 0 Å².